The highest BCUT2D eigenvalue weighted by molar-refractivity contribution is 5.71. The number of hydrogen-bond acceptors (Lipinski definition) is 6. The average molecular weight is 892 g/mol. The van der Waals surface area contributed by atoms with E-state index in [1.165, 1.54) is 193 Å². The molecule has 0 saturated carbocycles. The predicted octanol–water partition coefficient (Wildman–Crippen LogP) is 18.3. The third kappa shape index (κ3) is 49.7. The quantitative estimate of drug-likeness (QED) is 0.0344. The number of carbonyl (C=O) groups is 3. The predicted molar refractivity (Wildman–Crippen MR) is 270 cm³/mol. The summed E-state index contributed by atoms with van der Waals surface area (Å²) < 4.78 is 16.8. The molecule has 0 amide bonds. The zero-order chi connectivity index (χ0) is 46.3. The van der Waals surface area contributed by atoms with Gasteiger partial charge in [-0.15, -0.1) is 0 Å². The van der Waals surface area contributed by atoms with Crippen LogP contribution in [0.5, 0.6) is 0 Å². The fourth-order valence-electron chi connectivity index (χ4n) is 8.61. The second kappa shape index (κ2) is 48.3. The lowest BCUT2D eigenvalue weighted by Gasteiger charge is -2.18. The summed E-state index contributed by atoms with van der Waals surface area (Å²) in [5, 5.41) is 0. The lowest BCUT2D eigenvalue weighted by molar-refractivity contribution is -0.167. The maximum absolute atomic E-state index is 12.8. The highest BCUT2D eigenvalue weighted by Gasteiger charge is 2.19. The van der Waals surface area contributed by atoms with Crippen molar-refractivity contribution in [2.75, 3.05) is 13.2 Å². The van der Waals surface area contributed by atoms with Gasteiger partial charge in [-0.05, 0) is 37.0 Å². The molecule has 0 aromatic rings. The summed E-state index contributed by atoms with van der Waals surface area (Å²) in [5.41, 5.74) is 0. The molecule has 374 valence electrons. The Kier molecular flexibility index (Phi) is 47.1. The van der Waals surface area contributed by atoms with Crippen LogP contribution in [-0.4, -0.2) is 37.2 Å². The van der Waals surface area contributed by atoms with Crippen molar-refractivity contribution in [3.8, 4) is 0 Å². The third-order valence-electron chi connectivity index (χ3n) is 13.3. The summed E-state index contributed by atoms with van der Waals surface area (Å²) in [7, 11) is 0. The van der Waals surface area contributed by atoms with E-state index >= 15 is 0 Å². The van der Waals surface area contributed by atoms with Gasteiger partial charge in [0.15, 0.2) is 6.10 Å². The van der Waals surface area contributed by atoms with E-state index in [-0.39, 0.29) is 31.1 Å². The number of carbonyl (C=O) groups excluding carboxylic acids is 3. The molecule has 0 aliphatic heterocycles. The smallest absolute Gasteiger partial charge is 0.306 e. The molecule has 0 aromatic carbocycles. The minimum atomic E-state index is -0.763. The first-order valence-corrected chi connectivity index (χ1v) is 28.1. The maximum atomic E-state index is 12.8. The lowest BCUT2D eigenvalue weighted by Crippen LogP contribution is -2.30. The molecule has 0 aliphatic carbocycles. The van der Waals surface area contributed by atoms with Gasteiger partial charge in [0.05, 0.1) is 0 Å². The van der Waals surface area contributed by atoms with Crippen LogP contribution in [0.3, 0.4) is 0 Å². The molecule has 63 heavy (non-hydrogen) atoms. The standard InChI is InChI=1S/C57H110O6/c1-7-53(6)45-39-33-27-21-18-19-23-29-36-42-48-57(60)63-54(50-62-56(59)47-41-35-30-24-26-32-38-44-52(4)5)49-61-55(58)46-40-34-28-22-17-15-13-11-9-8-10-12-14-16-20-25-31-37-43-51(2)3/h51-54H,7-50H2,1-6H3/t53?,54-/m1/s1. The number of unbranched alkanes of at least 4 members (excludes halogenated alkanes) is 32. The van der Waals surface area contributed by atoms with Gasteiger partial charge >= 0.3 is 17.9 Å². The largest absolute Gasteiger partial charge is 0.462 e. The van der Waals surface area contributed by atoms with Crippen LogP contribution in [0.1, 0.15) is 311 Å². The first-order chi connectivity index (χ1) is 30.6. The van der Waals surface area contributed by atoms with Gasteiger partial charge in [0.2, 0.25) is 0 Å². The molecule has 6 heteroatoms. The Balaban J connectivity index is 4.22. The molecule has 1 unspecified atom stereocenters. The fraction of sp³-hybridized carbons (Fsp3) is 0.947. The zero-order valence-electron chi connectivity index (χ0n) is 43.4. The third-order valence-corrected chi connectivity index (χ3v) is 13.3. The molecule has 0 saturated heterocycles. The second-order valence-electron chi connectivity index (χ2n) is 20.8. The second-order valence-corrected chi connectivity index (χ2v) is 20.8. The van der Waals surface area contributed by atoms with E-state index in [4.69, 9.17) is 14.2 Å². The molecule has 2 atom stereocenters. The summed E-state index contributed by atoms with van der Waals surface area (Å²) in [6, 6.07) is 0. The first kappa shape index (κ1) is 61.4. The van der Waals surface area contributed by atoms with Crippen molar-refractivity contribution in [1.82, 2.24) is 0 Å². The Bertz CT molecular complexity index is 978. The van der Waals surface area contributed by atoms with E-state index < -0.39 is 6.10 Å². The van der Waals surface area contributed by atoms with Crippen LogP contribution in [0.25, 0.3) is 0 Å². The molecule has 0 aromatic heterocycles. The van der Waals surface area contributed by atoms with E-state index in [2.05, 4.69) is 41.5 Å². The Morgan fingerprint density at radius 1 is 0.317 bits per heavy atom. The van der Waals surface area contributed by atoms with E-state index in [0.717, 1.165) is 75.5 Å². The number of esters is 3. The van der Waals surface area contributed by atoms with E-state index in [1.807, 2.05) is 0 Å². The summed E-state index contributed by atoms with van der Waals surface area (Å²) in [6.45, 7) is 13.7. The summed E-state index contributed by atoms with van der Waals surface area (Å²) >= 11 is 0. The van der Waals surface area contributed by atoms with Crippen LogP contribution >= 0.6 is 0 Å². The molecular formula is C57H110O6. The van der Waals surface area contributed by atoms with Crippen LogP contribution in [-0.2, 0) is 28.6 Å². The molecule has 0 spiro atoms. The van der Waals surface area contributed by atoms with Crippen LogP contribution < -0.4 is 0 Å². The van der Waals surface area contributed by atoms with Crippen molar-refractivity contribution in [1.29, 1.82) is 0 Å². The molecule has 0 N–H and O–H groups in total. The molecule has 0 fully saturated rings. The molecule has 0 aliphatic rings. The minimum absolute atomic E-state index is 0.0645. The normalized spacial score (nSPS) is 12.6. The lowest BCUT2D eigenvalue weighted by atomic mass is 9.99. The van der Waals surface area contributed by atoms with Crippen molar-refractivity contribution in [2.45, 2.75) is 317 Å². The van der Waals surface area contributed by atoms with Crippen LogP contribution in [0, 0.1) is 17.8 Å². The van der Waals surface area contributed by atoms with Crippen molar-refractivity contribution < 1.29 is 28.6 Å². The van der Waals surface area contributed by atoms with Crippen LogP contribution in [0.15, 0.2) is 0 Å². The van der Waals surface area contributed by atoms with E-state index in [9.17, 15) is 14.4 Å². The fourth-order valence-corrected chi connectivity index (χ4v) is 8.61. The van der Waals surface area contributed by atoms with Crippen molar-refractivity contribution in [3.05, 3.63) is 0 Å². The van der Waals surface area contributed by atoms with Gasteiger partial charge in [-0.1, -0.05) is 273 Å². The average Bonchev–Trinajstić information content (AvgIpc) is 3.25. The van der Waals surface area contributed by atoms with E-state index in [1.54, 1.807) is 0 Å². The molecule has 0 heterocycles. The first-order valence-electron chi connectivity index (χ1n) is 28.1. The molecule has 0 radical (unpaired) electrons. The molecule has 6 nitrogen and oxygen atoms in total. The molecular weight excluding hydrogens is 781 g/mol. The van der Waals surface area contributed by atoms with Gasteiger partial charge in [0.25, 0.3) is 0 Å². The Labute approximate surface area is 393 Å². The Morgan fingerprint density at radius 3 is 0.825 bits per heavy atom. The number of rotatable bonds is 50. The Morgan fingerprint density at radius 2 is 0.556 bits per heavy atom. The SMILES string of the molecule is CCC(C)CCCCCCCCCCCCC(=O)O[C@H](COC(=O)CCCCCCCCCCCCCCCCCCCCC(C)C)COC(=O)CCCCCCCCCC(C)C. The van der Waals surface area contributed by atoms with Gasteiger partial charge < -0.3 is 14.2 Å². The van der Waals surface area contributed by atoms with Gasteiger partial charge in [-0.2, -0.15) is 0 Å². The van der Waals surface area contributed by atoms with Gasteiger partial charge in [0.1, 0.15) is 13.2 Å². The molecule has 0 bridgehead atoms. The van der Waals surface area contributed by atoms with Crippen molar-refractivity contribution >= 4 is 17.9 Å². The highest BCUT2D eigenvalue weighted by Crippen LogP contribution is 2.19. The topological polar surface area (TPSA) is 78.9 Å². The highest BCUT2D eigenvalue weighted by atomic mass is 16.6. The monoisotopic (exact) mass is 891 g/mol. The minimum Gasteiger partial charge on any atom is -0.462 e. The summed E-state index contributed by atoms with van der Waals surface area (Å²) in [6.07, 6.45) is 49.6. The van der Waals surface area contributed by atoms with Crippen molar-refractivity contribution in [3.63, 3.8) is 0 Å². The maximum Gasteiger partial charge on any atom is 0.306 e. The Hall–Kier alpha value is -1.59. The van der Waals surface area contributed by atoms with Crippen LogP contribution in [0.2, 0.25) is 0 Å². The van der Waals surface area contributed by atoms with Crippen molar-refractivity contribution in [2.24, 2.45) is 17.8 Å². The summed E-state index contributed by atoms with van der Waals surface area (Å²) in [5.74, 6) is 1.66. The van der Waals surface area contributed by atoms with Crippen LogP contribution in [0.4, 0.5) is 0 Å². The number of hydrogen-bond donors (Lipinski definition) is 0. The van der Waals surface area contributed by atoms with Gasteiger partial charge in [0, 0.05) is 19.3 Å². The zero-order valence-corrected chi connectivity index (χ0v) is 43.4. The summed E-state index contributed by atoms with van der Waals surface area (Å²) in [4.78, 5) is 38.0. The van der Waals surface area contributed by atoms with Gasteiger partial charge in [-0.3, -0.25) is 14.4 Å². The number of ether oxygens (including phenoxy) is 3. The molecule has 0 rings (SSSR count). The van der Waals surface area contributed by atoms with E-state index in [0.29, 0.717) is 19.3 Å². The van der Waals surface area contributed by atoms with Gasteiger partial charge in [-0.25, -0.2) is 0 Å².